The summed E-state index contributed by atoms with van der Waals surface area (Å²) in [6.07, 6.45) is 0.104. The lowest BCUT2D eigenvalue weighted by Crippen LogP contribution is -2.29. The van der Waals surface area contributed by atoms with Gasteiger partial charge in [0.15, 0.2) is 5.92 Å². The first-order valence-corrected chi connectivity index (χ1v) is 10.7. The Kier molecular flexibility index (Phi) is 8.74. The number of esters is 2. The highest BCUT2D eigenvalue weighted by Gasteiger charge is 2.35. The summed E-state index contributed by atoms with van der Waals surface area (Å²) in [4.78, 5) is 25.0. The van der Waals surface area contributed by atoms with E-state index >= 15 is 0 Å². The van der Waals surface area contributed by atoms with Crippen molar-refractivity contribution in [2.24, 2.45) is 5.92 Å². The molecular formula is C26H34O7. The first kappa shape index (κ1) is 26.0. The second kappa shape index (κ2) is 11.1. The van der Waals surface area contributed by atoms with Gasteiger partial charge in [0.05, 0.1) is 35.5 Å². The minimum atomic E-state index is -1.12. The molecule has 180 valence electrons. The molecule has 0 heterocycles. The van der Waals surface area contributed by atoms with Crippen molar-refractivity contribution in [2.75, 3.05) is 35.5 Å². The molecule has 0 aliphatic carbocycles. The fraction of sp³-hybridized carbons (Fsp3) is 0.462. The van der Waals surface area contributed by atoms with E-state index in [1.807, 2.05) is 12.1 Å². The van der Waals surface area contributed by atoms with E-state index in [0.29, 0.717) is 22.8 Å². The van der Waals surface area contributed by atoms with Crippen LogP contribution in [0.2, 0.25) is 0 Å². The molecule has 0 spiro atoms. The van der Waals surface area contributed by atoms with Crippen molar-refractivity contribution in [2.45, 2.75) is 38.5 Å². The second-order valence-electron chi connectivity index (χ2n) is 8.70. The van der Waals surface area contributed by atoms with Crippen molar-refractivity contribution < 1.29 is 33.3 Å². The largest absolute Gasteiger partial charge is 0.496 e. The standard InChI is InChI=1S/C26H34O7/c1-26(2,3)17-11-9-16(10-12-17)19(15-20(24(27)32-7)25(28)33-8)23-21(30-5)13-18(29-4)14-22(23)31-6/h9-14,19-20H,15H2,1-8H3. The monoisotopic (exact) mass is 458 g/mol. The molecule has 2 rings (SSSR count). The number of hydrogen-bond donors (Lipinski definition) is 0. The number of rotatable bonds is 9. The van der Waals surface area contributed by atoms with E-state index in [2.05, 4.69) is 32.9 Å². The van der Waals surface area contributed by atoms with Crippen LogP contribution < -0.4 is 14.2 Å². The maximum Gasteiger partial charge on any atom is 0.320 e. The third-order valence-electron chi connectivity index (χ3n) is 5.72. The van der Waals surface area contributed by atoms with Crippen LogP contribution in [0, 0.1) is 5.92 Å². The fourth-order valence-corrected chi connectivity index (χ4v) is 3.82. The van der Waals surface area contributed by atoms with E-state index in [-0.39, 0.29) is 11.8 Å². The Morgan fingerprint density at radius 1 is 0.788 bits per heavy atom. The van der Waals surface area contributed by atoms with Crippen LogP contribution in [0.5, 0.6) is 17.2 Å². The van der Waals surface area contributed by atoms with Crippen molar-refractivity contribution in [3.05, 3.63) is 53.1 Å². The maximum absolute atomic E-state index is 12.5. The van der Waals surface area contributed by atoms with E-state index in [9.17, 15) is 9.59 Å². The van der Waals surface area contributed by atoms with Gasteiger partial charge in [0.25, 0.3) is 0 Å². The summed E-state index contributed by atoms with van der Waals surface area (Å²) in [5, 5.41) is 0. The molecule has 0 fully saturated rings. The highest BCUT2D eigenvalue weighted by atomic mass is 16.5. The first-order chi connectivity index (χ1) is 15.6. The van der Waals surface area contributed by atoms with Gasteiger partial charge in [-0.2, -0.15) is 0 Å². The summed E-state index contributed by atoms with van der Waals surface area (Å²) < 4.78 is 26.5. The molecule has 0 saturated carbocycles. The highest BCUT2D eigenvalue weighted by Crippen LogP contribution is 2.45. The van der Waals surface area contributed by atoms with Crippen molar-refractivity contribution in [1.29, 1.82) is 0 Å². The summed E-state index contributed by atoms with van der Waals surface area (Å²) in [7, 11) is 7.16. The van der Waals surface area contributed by atoms with Gasteiger partial charge in [0, 0.05) is 23.6 Å². The molecule has 0 N–H and O–H groups in total. The first-order valence-electron chi connectivity index (χ1n) is 10.7. The Bertz CT molecular complexity index is 917. The Hall–Kier alpha value is -3.22. The number of hydrogen-bond acceptors (Lipinski definition) is 7. The molecule has 33 heavy (non-hydrogen) atoms. The Labute approximate surface area is 195 Å². The van der Waals surface area contributed by atoms with E-state index < -0.39 is 23.8 Å². The maximum atomic E-state index is 12.5. The third-order valence-corrected chi connectivity index (χ3v) is 5.72. The number of methoxy groups -OCH3 is 5. The van der Waals surface area contributed by atoms with Crippen LogP contribution in [0.25, 0.3) is 0 Å². The molecule has 0 bridgehead atoms. The van der Waals surface area contributed by atoms with Gasteiger partial charge >= 0.3 is 11.9 Å². The van der Waals surface area contributed by atoms with Gasteiger partial charge < -0.3 is 23.7 Å². The van der Waals surface area contributed by atoms with Crippen molar-refractivity contribution in [3.8, 4) is 17.2 Å². The van der Waals surface area contributed by atoms with Gasteiger partial charge in [0.2, 0.25) is 0 Å². The molecule has 0 aromatic heterocycles. The molecule has 0 amide bonds. The zero-order valence-electron chi connectivity index (χ0n) is 20.7. The third kappa shape index (κ3) is 5.97. The number of ether oxygens (including phenoxy) is 5. The van der Waals surface area contributed by atoms with Crippen LogP contribution in [0.1, 0.15) is 49.8 Å². The van der Waals surface area contributed by atoms with Crippen molar-refractivity contribution in [3.63, 3.8) is 0 Å². The minimum Gasteiger partial charge on any atom is -0.496 e. The quantitative estimate of drug-likeness (QED) is 0.404. The number of carbonyl (C=O) groups excluding carboxylic acids is 2. The fourth-order valence-electron chi connectivity index (χ4n) is 3.82. The van der Waals surface area contributed by atoms with Crippen molar-refractivity contribution >= 4 is 11.9 Å². The smallest absolute Gasteiger partial charge is 0.320 e. The summed E-state index contributed by atoms with van der Waals surface area (Å²) in [5.41, 5.74) is 2.73. The predicted octanol–water partition coefficient (Wildman–Crippen LogP) is 4.49. The van der Waals surface area contributed by atoms with Gasteiger partial charge in [0.1, 0.15) is 17.2 Å². The van der Waals surface area contributed by atoms with Crippen LogP contribution in [-0.4, -0.2) is 47.5 Å². The lowest BCUT2D eigenvalue weighted by molar-refractivity contribution is -0.159. The number of benzene rings is 2. The molecule has 0 saturated heterocycles. The Balaban J connectivity index is 2.73. The number of carbonyl (C=O) groups is 2. The normalized spacial score (nSPS) is 12.2. The van der Waals surface area contributed by atoms with Gasteiger partial charge in [-0.3, -0.25) is 9.59 Å². The topological polar surface area (TPSA) is 80.3 Å². The van der Waals surface area contributed by atoms with Crippen LogP contribution in [-0.2, 0) is 24.5 Å². The zero-order chi connectivity index (χ0) is 24.8. The van der Waals surface area contributed by atoms with E-state index in [0.717, 1.165) is 11.1 Å². The second-order valence-corrected chi connectivity index (χ2v) is 8.70. The molecular weight excluding hydrogens is 424 g/mol. The SMILES string of the molecule is COC(=O)C(CC(c1ccc(C(C)(C)C)cc1)c1c(OC)cc(OC)cc1OC)C(=O)OC. The van der Waals surface area contributed by atoms with Gasteiger partial charge in [-0.05, 0) is 23.0 Å². The lowest BCUT2D eigenvalue weighted by atomic mass is 9.80. The average molecular weight is 459 g/mol. The van der Waals surface area contributed by atoms with Gasteiger partial charge in [-0.15, -0.1) is 0 Å². The molecule has 2 aromatic carbocycles. The van der Waals surface area contributed by atoms with Crippen LogP contribution in [0.3, 0.4) is 0 Å². The summed E-state index contributed by atoms with van der Waals surface area (Å²) in [5.74, 6) is -1.28. The molecule has 0 radical (unpaired) electrons. The summed E-state index contributed by atoms with van der Waals surface area (Å²) in [6, 6.07) is 11.6. The Morgan fingerprint density at radius 2 is 1.27 bits per heavy atom. The molecule has 2 aromatic rings. The zero-order valence-corrected chi connectivity index (χ0v) is 20.7. The molecule has 1 atom stereocenters. The highest BCUT2D eigenvalue weighted by molar-refractivity contribution is 5.95. The van der Waals surface area contributed by atoms with Crippen molar-refractivity contribution in [1.82, 2.24) is 0 Å². The van der Waals surface area contributed by atoms with Gasteiger partial charge in [-0.1, -0.05) is 45.0 Å². The van der Waals surface area contributed by atoms with Crippen LogP contribution in [0.4, 0.5) is 0 Å². The molecule has 7 heteroatoms. The summed E-state index contributed by atoms with van der Waals surface area (Å²) in [6.45, 7) is 6.42. The minimum absolute atomic E-state index is 0.0237. The van der Waals surface area contributed by atoms with Crippen LogP contribution >= 0.6 is 0 Å². The summed E-state index contributed by atoms with van der Waals surface area (Å²) >= 11 is 0. The molecule has 7 nitrogen and oxygen atoms in total. The molecule has 0 aliphatic heterocycles. The molecule has 1 unspecified atom stereocenters. The van der Waals surface area contributed by atoms with E-state index in [4.69, 9.17) is 23.7 Å². The van der Waals surface area contributed by atoms with E-state index in [1.165, 1.54) is 14.2 Å². The Morgan fingerprint density at radius 3 is 1.64 bits per heavy atom. The lowest BCUT2D eigenvalue weighted by Gasteiger charge is -2.26. The van der Waals surface area contributed by atoms with Crippen LogP contribution in [0.15, 0.2) is 36.4 Å². The van der Waals surface area contributed by atoms with E-state index in [1.54, 1.807) is 33.5 Å². The average Bonchev–Trinajstić information content (AvgIpc) is 2.82. The molecule has 0 aliphatic rings. The predicted molar refractivity (Wildman–Crippen MR) is 125 cm³/mol. The van der Waals surface area contributed by atoms with Gasteiger partial charge in [-0.25, -0.2) is 0 Å².